The van der Waals surface area contributed by atoms with E-state index in [9.17, 15) is 26.4 Å². The SMILES string of the molecule is CC(C)C(NC(=O)[C@H]1CC[C@H](NS(=O)(=O)c2ccc(C(F)(F)F)cc2)CC1)c1ccccc1. The summed E-state index contributed by atoms with van der Waals surface area (Å²) in [4.78, 5) is 12.7. The summed E-state index contributed by atoms with van der Waals surface area (Å²) in [5.74, 6) is -0.0355. The van der Waals surface area contributed by atoms with Crippen molar-refractivity contribution in [3.05, 3.63) is 65.7 Å². The maximum Gasteiger partial charge on any atom is 0.416 e. The van der Waals surface area contributed by atoms with Crippen molar-refractivity contribution in [1.29, 1.82) is 0 Å². The van der Waals surface area contributed by atoms with Crippen LogP contribution in [0.3, 0.4) is 0 Å². The van der Waals surface area contributed by atoms with Gasteiger partial charge in [-0.2, -0.15) is 13.2 Å². The largest absolute Gasteiger partial charge is 0.416 e. The minimum atomic E-state index is -4.52. The van der Waals surface area contributed by atoms with E-state index in [0.29, 0.717) is 25.7 Å². The number of rotatable bonds is 7. The Labute approximate surface area is 192 Å². The maximum absolute atomic E-state index is 12.9. The van der Waals surface area contributed by atoms with Crippen molar-refractivity contribution in [2.75, 3.05) is 0 Å². The predicted octanol–water partition coefficient (Wildman–Crippen LogP) is 5.06. The molecule has 1 atom stereocenters. The summed E-state index contributed by atoms with van der Waals surface area (Å²) in [5.41, 5.74) is 0.141. The summed E-state index contributed by atoms with van der Waals surface area (Å²) in [5, 5.41) is 3.14. The number of hydrogen-bond acceptors (Lipinski definition) is 3. The third-order valence-corrected chi connectivity index (χ3v) is 7.57. The Morgan fingerprint density at radius 3 is 2.03 bits per heavy atom. The molecule has 0 radical (unpaired) electrons. The lowest BCUT2D eigenvalue weighted by Crippen LogP contribution is -2.42. The Kier molecular flexibility index (Phi) is 7.84. The zero-order valence-corrected chi connectivity index (χ0v) is 19.4. The first-order valence-corrected chi connectivity index (χ1v) is 12.5. The summed E-state index contributed by atoms with van der Waals surface area (Å²) in [7, 11) is -3.94. The highest BCUT2D eigenvalue weighted by molar-refractivity contribution is 7.89. The van der Waals surface area contributed by atoms with Gasteiger partial charge in [0.2, 0.25) is 15.9 Å². The molecule has 1 aliphatic carbocycles. The molecule has 1 fully saturated rings. The summed E-state index contributed by atoms with van der Waals surface area (Å²) in [6.45, 7) is 4.09. The van der Waals surface area contributed by atoms with Crippen molar-refractivity contribution < 1.29 is 26.4 Å². The minimum absolute atomic E-state index is 0.0402. The molecule has 9 heteroatoms. The van der Waals surface area contributed by atoms with Gasteiger partial charge < -0.3 is 5.32 Å². The molecule has 2 aromatic carbocycles. The van der Waals surface area contributed by atoms with Gasteiger partial charge in [0.05, 0.1) is 16.5 Å². The van der Waals surface area contributed by atoms with Crippen molar-refractivity contribution in [2.45, 2.75) is 62.7 Å². The third kappa shape index (κ3) is 6.57. The van der Waals surface area contributed by atoms with E-state index in [1.54, 1.807) is 0 Å². The van der Waals surface area contributed by atoms with Crippen molar-refractivity contribution in [1.82, 2.24) is 10.0 Å². The number of carbonyl (C=O) groups excluding carboxylic acids is 1. The highest BCUT2D eigenvalue weighted by atomic mass is 32.2. The molecule has 0 aliphatic heterocycles. The zero-order chi connectivity index (χ0) is 24.2. The fourth-order valence-corrected chi connectivity index (χ4v) is 5.46. The Hall–Kier alpha value is -2.39. The van der Waals surface area contributed by atoms with Crippen molar-refractivity contribution in [2.24, 2.45) is 11.8 Å². The molecule has 1 unspecified atom stereocenters. The average Bonchev–Trinajstić information content (AvgIpc) is 2.77. The number of sulfonamides is 1. The molecule has 1 amide bonds. The number of carbonyl (C=O) groups is 1. The van der Waals surface area contributed by atoms with E-state index in [1.165, 1.54) is 0 Å². The number of halogens is 3. The van der Waals surface area contributed by atoms with Crippen LogP contribution in [0.5, 0.6) is 0 Å². The molecule has 0 aromatic heterocycles. The van der Waals surface area contributed by atoms with Crippen LogP contribution < -0.4 is 10.0 Å². The second kappa shape index (κ2) is 10.3. The van der Waals surface area contributed by atoms with Gasteiger partial charge in [-0.3, -0.25) is 4.79 Å². The van der Waals surface area contributed by atoms with Gasteiger partial charge in [0.15, 0.2) is 0 Å². The highest BCUT2D eigenvalue weighted by Crippen LogP contribution is 2.31. The predicted molar refractivity (Wildman–Crippen MR) is 120 cm³/mol. The Bertz CT molecular complexity index is 1030. The van der Waals surface area contributed by atoms with Crippen LogP contribution in [-0.4, -0.2) is 20.4 Å². The van der Waals surface area contributed by atoms with Gasteiger partial charge in [-0.05, 0) is 61.4 Å². The molecule has 1 saturated carbocycles. The van der Waals surface area contributed by atoms with Crippen LogP contribution in [-0.2, 0) is 21.0 Å². The first-order chi connectivity index (χ1) is 15.5. The second-order valence-corrected chi connectivity index (χ2v) is 10.5. The fourth-order valence-electron chi connectivity index (χ4n) is 4.15. The maximum atomic E-state index is 12.9. The molecule has 0 heterocycles. The van der Waals surface area contributed by atoms with Gasteiger partial charge in [-0.15, -0.1) is 0 Å². The van der Waals surface area contributed by atoms with E-state index < -0.39 is 21.8 Å². The van der Waals surface area contributed by atoms with E-state index in [1.807, 2.05) is 44.2 Å². The molecule has 180 valence electrons. The molecule has 2 aromatic rings. The molecule has 1 aliphatic rings. The lowest BCUT2D eigenvalue weighted by atomic mass is 9.85. The quantitative estimate of drug-likeness (QED) is 0.580. The molecular weight excluding hydrogens is 453 g/mol. The monoisotopic (exact) mass is 482 g/mol. The van der Waals surface area contributed by atoms with Crippen molar-refractivity contribution in [3.63, 3.8) is 0 Å². The number of amides is 1. The highest BCUT2D eigenvalue weighted by Gasteiger charge is 2.32. The molecule has 0 bridgehead atoms. The first-order valence-electron chi connectivity index (χ1n) is 11.0. The summed E-state index contributed by atoms with van der Waals surface area (Å²) in [6.07, 6.45) is -2.49. The lowest BCUT2D eigenvalue weighted by Gasteiger charge is -2.30. The van der Waals surface area contributed by atoms with Crippen LogP contribution in [0.15, 0.2) is 59.5 Å². The minimum Gasteiger partial charge on any atom is -0.349 e. The molecule has 0 saturated heterocycles. The summed E-state index contributed by atoms with van der Waals surface area (Å²) < 4.78 is 65.9. The van der Waals surface area contributed by atoms with Gasteiger partial charge >= 0.3 is 6.18 Å². The van der Waals surface area contributed by atoms with Gasteiger partial charge in [-0.25, -0.2) is 13.1 Å². The van der Waals surface area contributed by atoms with Gasteiger partial charge in [0.25, 0.3) is 0 Å². The Morgan fingerprint density at radius 2 is 1.52 bits per heavy atom. The fraction of sp³-hybridized carbons (Fsp3) is 0.458. The average molecular weight is 483 g/mol. The summed E-state index contributed by atoms with van der Waals surface area (Å²) in [6, 6.07) is 12.7. The molecule has 2 N–H and O–H groups in total. The van der Waals surface area contributed by atoms with Crippen molar-refractivity contribution >= 4 is 15.9 Å². The molecule has 3 rings (SSSR count). The van der Waals surface area contributed by atoms with E-state index in [0.717, 1.165) is 29.8 Å². The molecule has 5 nitrogen and oxygen atoms in total. The summed E-state index contributed by atoms with van der Waals surface area (Å²) >= 11 is 0. The van der Waals surface area contributed by atoms with Gasteiger partial charge in [0, 0.05) is 12.0 Å². The van der Waals surface area contributed by atoms with Crippen LogP contribution in [0.4, 0.5) is 13.2 Å². The molecule has 33 heavy (non-hydrogen) atoms. The van der Waals surface area contributed by atoms with Crippen LogP contribution in [0.2, 0.25) is 0 Å². The van der Waals surface area contributed by atoms with Gasteiger partial charge in [0.1, 0.15) is 0 Å². The van der Waals surface area contributed by atoms with Crippen LogP contribution >= 0.6 is 0 Å². The molecule has 0 spiro atoms. The Balaban J connectivity index is 1.56. The molecular formula is C24H29F3N2O3S. The first kappa shape index (κ1) is 25.2. The number of nitrogens with one attached hydrogen (secondary N) is 2. The second-order valence-electron chi connectivity index (χ2n) is 8.83. The van der Waals surface area contributed by atoms with E-state index >= 15 is 0 Å². The van der Waals surface area contributed by atoms with Crippen LogP contribution in [0.1, 0.15) is 56.7 Å². The van der Waals surface area contributed by atoms with E-state index in [4.69, 9.17) is 0 Å². The smallest absolute Gasteiger partial charge is 0.349 e. The number of alkyl halides is 3. The normalized spacial score (nSPS) is 20.4. The van der Waals surface area contributed by atoms with Gasteiger partial charge in [-0.1, -0.05) is 44.2 Å². The van der Waals surface area contributed by atoms with Crippen molar-refractivity contribution in [3.8, 4) is 0 Å². The Morgan fingerprint density at radius 1 is 0.939 bits per heavy atom. The number of hydrogen-bond donors (Lipinski definition) is 2. The zero-order valence-electron chi connectivity index (χ0n) is 18.6. The van der Waals surface area contributed by atoms with Crippen LogP contribution in [0.25, 0.3) is 0 Å². The third-order valence-electron chi connectivity index (χ3n) is 6.03. The van der Waals surface area contributed by atoms with Crippen LogP contribution in [0, 0.1) is 11.8 Å². The topological polar surface area (TPSA) is 75.3 Å². The lowest BCUT2D eigenvalue weighted by molar-refractivity contribution is -0.137. The number of benzene rings is 2. The standard InChI is InChI=1S/C24H29F3N2O3S/c1-16(2)22(17-6-4-3-5-7-17)28-23(30)18-8-12-20(13-9-18)29-33(31,32)21-14-10-19(11-15-21)24(25,26)27/h3-7,10-11,14-16,18,20,22,29H,8-9,12-13H2,1-2H3,(H,28,30)/t18-,20-,22?. The van der Waals surface area contributed by atoms with E-state index in [-0.39, 0.29) is 34.7 Å². The van der Waals surface area contributed by atoms with E-state index in [2.05, 4.69) is 10.0 Å².